The van der Waals surface area contributed by atoms with Crippen molar-refractivity contribution in [3.05, 3.63) is 41.3 Å². The van der Waals surface area contributed by atoms with E-state index >= 15 is 0 Å². The van der Waals surface area contributed by atoms with E-state index in [0.29, 0.717) is 37.8 Å². The van der Waals surface area contributed by atoms with Crippen LogP contribution < -0.4 is 9.47 Å². The van der Waals surface area contributed by atoms with Gasteiger partial charge in [-0.15, -0.1) is 0 Å². The number of para-hydroxylation sites is 1. The van der Waals surface area contributed by atoms with E-state index < -0.39 is 0 Å². The standard InChI is InChI=1S/C25H32N2O5/c1-5-29-20-8-6-7-17-21-18(24(3,4)31-22(17)20)14-25(15-30-21)9-11-27(12-10-25)23(28)19-13-16(2)32-26-19/h6-8,13,18,21H,5,9-12,14-15H2,1-4H3/t18-,21+/m0/s1. The number of hydrogen-bond donors (Lipinski definition) is 0. The van der Waals surface area contributed by atoms with E-state index in [0.717, 1.165) is 36.3 Å². The molecule has 2 atom stereocenters. The Hall–Kier alpha value is -2.54. The highest BCUT2D eigenvalue weighted by Crippen LogP contribution is 2.57. The van der Waals surface area contributed by atoms with Crippen molar-refractivity contribution in [2.24, 2.45) is 11.3 Å². The summed E-state index contributed by atoms with van der Waals surface area (Å²) >= 11 is 0. The molecule has 4 heterocycles. The first-order valence-electron chi connectivity index (χ1n) is 11.6. The van der Waals surface area contributed by atoms with Gasteiger partial charge < -0.3 is 23.6 Å². The molecule has 2 fully saturated rings. The van der Waals surface area contributed by atoms with Gasteiger partial charge in [0.1, 0.15) is 11.4 Å². The molecule has 5 rings (SSSR count). The lowest BCUT2D eigenvalue weighted by atomic mass is 9.64. The zero-order valence-electron chi connectivity index (χ0n) is 19.3. The van der Waals surface area contributed by atoms with Gasteiger partial charge in [0, 0.05) is 30.6 Å². The molecule has 2 aromatic rings. The molecule has 172 valence electrons. The minimum atomic E-state index is -0.372. The second-order valence-corrected chi connectivity index (χ2v) is 9.97. The van der Waals surface area contributed by atoms with Crippen LogP contribution in [0.1, 0.15) is 67.9 Å². The number of nitrogens with zero attached hydrogens (tertiary/aromatic N) is 2. The second kappa shape index (κ2) is 7.80. The number of likely N-dealkylation sites (tertiary alicyclic amines) is 1. The summed E-state index contributed by atoms with van der Waals surface area (Å²) in [5.41, 5.74) is 1.17. The first-order valence-corrected chi connectivity index (χ1v) is 11.6. The van der Waals surface area contributed by atoms with Crippen molar-refractivity contribution in [2.45, 2.75) is 58.7 Å². The molecule has 7 heteroatoms. The fourth-order valence-electron chi connectivity index (χ4n) is 5.57. The molecule has 3 aliphatic heterocycles. The van der Waals surface area contributed by atoms with E-state index in [4.69, 9.17) is 18.7 Å². The molecule has 2 saturated heterocycles. The molecular formula is C25H32N2O5. The number of aromatic nitrogens is 1. The first kappa shape index (κ1) is 21.3. The van der Waals surface area contributed by atoms with Crippen molar-refractivity contribution in [3.63, 3.8) is 0 Å². The van der Waals surface area contributed by atoms with Gasteiger partial charge in [0.15, 0.2) is 17.2 Å². The predicted octanol–water partition coefficient (Wildman–Crippen LogP) is 4.55. The normalized spacial score (nSPS) is 25.6. The van der Waals surface area contributed by atoms with E-state index in [1.54, 1.807) is 13.0 Å². The molecule has 1 spiro atoms. The first-order chi connectivity index (χ1) is 15.3. The maximum Gasteiger partial charge on any atom is 0.276 e. The molecule has 1 aromatic carbocycles. The van der Waals surface area contributed by atoms with Crippen molar-refractivity contribution < 1.29 is 23.5 Å². The summed E-state index contributed by atoms with van der Waals surface area (Å²) < 4.78 is 24.0. The summed E-state index contributed by atoms with van der Waals surface area (Å²) in [6.45, 7) is 10.8. The summed E-state index contributed by atoms with van der Waals surface area (Å²) in [6.07, 6.45) is 2.85. The smallest absolute Gasteiger partial charge is 0.276 e. The van der Waals surface area contributed by atoms with Crippen LogP contribution in [0.2, 0.25) is 0 Å². The molecule has 0 N–H and O–H groups in total. The van der Waals surface area contributed by atoms with E-state index in [2.05, 4.69) is 25.1 Å². The number of rotatable bonds is 3. The molecule has 32 heavy (non-hydrogen) atoms. The average Bonchev–Trinajstić information content (AvgIpc) is 3.21. The minimum absolute atomic E-state index is 0.00227. The Morgan fingerprint density at radius 2 is 2.06 bits per heavy atom. The van der Waals surface area contributed by atoms with Gasteiger partial charge in [-0.2, -0.15) is 0 Å². The fourth-order valence-corrected chi connectivity index (χ4v) is 5.57. The van der Waals surface area contributed by atoms with E-state index in [-0.39, 0.29) is 28.9 Å². The molecule has 1 aromatic heterocycles. The Morgan fingerprint density at radius 1 is 1.28 bits per heavy atom. The molecule has 0 radical (unpaired) electrons. The summed E-state index contributed by atoms with van der Waals surface area (Å²) in [5.74, 6) is 2.45. The fraction of sp³-hybridized carbons (Fsp3) is 0.600. The number of hydrogen-bond acceptors (Lipinski definition) is 6. The maximum absolute atomic E-state index is 12.8. The number of benzene rings is 1. The second-order valence-electron chi connectivity index (χ2n) is 9.97. The molecule has 0 saturated carbocycles. The van der Waals surface area contributed by atoms with Gasteiger partial charge in [-0.1, -0.05) is 17.3 Å². The SMILES string of the molecule is CCOc1cccc2c1OC(C)(C)[C@H]1CC3(CCN(C(=O)c4cc(C)on4)CC3)CO[C@H]21. The van der Waals surface area contributed by atoms with Gasteiger partial charge in [0.2, 0.25) is 0 Å². The van der Waals surface area contributed by atoms with E-state index in [1.165, 1.54) is 0 Å². The van der Waals surface area contributed by atoms with Crippen molar-refractivity contribution in [3.8, 4) is 11.5 Å². The third kappa shape index (κ3) is 3.56. The van der Waals surface area contributed by atoms with Gasteiger partial charge in [0.25, 0.3) is 5.91 Å². The molecule has 1 amide bonds. The van der Waals surface area contributed by atoms with Crippen LogP contribution in [0.4, 0.5) is 0 Å². The maximum atomic E-state index is 12.8. The lowest BCUT2D eigenvalue weighted by molar-refractivity contribution is -0.173. The number of amides is 1. The Kier molecular flexibility index (Phi) is 5.19. The average molecular weight is 441 g/mol. The number of carbonyl (C=O) groups excluding carboxylic acids is 1. The summed E-state index contributed by atoms with van der Waals surface area (Å²) in [4.78, 5) is 14.7. The summed E-state index contributed by atoms with van der Waals surface area (Å²) in [5, 5.41) is 3.89. The van der Waals surface area contributed by atoms with Crippen LogP contribution in [0.3, 0.4) is 0 Å². The van der Waals surface area contributed by atoms with Gasteiger partial charge >= 0.3 is 0 Å². The predicted molar refractivity (Wildman–Crippen MR) is 118 cm³/mol. The van der Waals surface area contributed by atoms with Crippen LogP contribution >= 0.6 is 0 Å². The zero-order valence-corrected chi connectivity index (χ0v) is 19.3. The minimum Gasteiger partial charge on any atom is -0.490 e. The molecule has 0 unspecified atom stereocenters. The Balaban J connectivity index is 1.33. The number of ether oxygens (including phenoxy) is 3. The van der Waals surface area contributed by atoms with Crippen LogP contribution in [-0.4, -0.2) is 47.9 Å². The third-order valence-corrected chi connectivity index (χ3v) is 7.42. The summed E-state index contributed by atoms with van der Waals surface area (Å²) in [7, 11) is 0. The van der Waals surface area contributed by atoms with Crippen molar-refractivity contribution in [2.75, 3.05) is 26.3 Å². The monoisotopic (exact) mass is 440 g/mol. The van der Waals surface area contributed by atoms with Crippen LogP contribution in [0.5, 0.6) is 11.5 Å². The highest BCUT2D eigenvalue weighted by molar-refractivity contribution is 5.92. The van der Waals surface area contributed by atoms with Crippen molar-refractivity contribution >= 4 is 5.91 Å². The highest BCUT2D eigenvalue weighted by atomic mass is 16.5. The molecule has 0 bridgehead atoms. The quantitative estimate of drug-likeness (QED) is 0.697. The van der Waals surface area contributed by atoms with Gasteiger partial charge in [-0.25, -0.2) is 0 Å². The van der Waals surface area contributed by atoms with Crippen LogP contribution in [0.15, 0.2) is 28.8 Å². The number of fused-ring (bicyclic) bond motifs is 3. The number of aryl methyl sites for hydroxylation is 1. The number of carbonyl (C=O) groups is 1. The topological polar surface area (TPSA) is 74.0 Å². The van der Waals surface area contributed by atoms with Crippen molar-refractivity contribution in [1.29, 1.82) is 0 Å². The number of piperidine rings is 1. The van der Waals surface area contributed by atoms with Crippen LogP contribution in [0.25, 0.3) is 0 Å². The lowest BCUT2D eigenvalue weighted by Crippen LogP contribution is -2.54. The zero-order chi connectivity index (χ0) is 22.5. The van der Waals surface area contributed by atoms with E-state index in [9.17, 15) is 4.79 Å². The molecule has 3 aliphatic rings. The largest absolute Gasteiger partial charge is 0.490 e. The van der Waals surface area contributed by atoms with Gasteiger partial charge in [-0.3, -0.25) is 4.79 Å². The van der Waals surface area contributed by atoms with Crippen LogP contribution in [0, 0.1) is 18.3 Å². The Labute approximate surface area is 189 Å². The highest BCUT2D eigenvalue weighted by Gasteiger charge is 2.53. The lowest BCUT2D eigenvalue weighted by Gasteiger charge is -2.54. The summed E-state index contributed by atoms with van der Waals surface area (Å²) in [6, 6.07) is 7.79. The molecule has 7 nitrogen and oxygen atoms in total. The Bertz CT molecular complexity index is 1010. The van der Waals surface area contributed by atoms with E-state index in [1.807, 2.05) is 24.0 Å². The molecular weight excluding hydrogens is 408 g/mol. The van der Waals surface area contributed by atoms with Crippen LogP contribution in [-0.2, 0) is 4.74 Å². The molecule has 0 aliphatic carbocycles. The van der Waals surface area contributed by atoms with Gasteiger partial charge in [-0.05, 0) is 58.4 Å². The van der Waals surface area contributed by atoms with Gasteiger partial charge in [0.05, 0.1) is 19.3 Å². The third-order valence-electron chi connectivity index (χ3n) is 7.42. The Morgan fingerprint density at radius 3 is 2.75 bits per heavy atom. The van der Waals surface area contributed by atoms with Crippen molar-refractivity contribution in [1.82, 2.24) is 10.1 Å².